The van der Waals surface area contributed by atoms with Crippen LogP contribution in [0.15, 0.2) is 72.9 Å². The fraction of sp³-hybridized carbons (Fsp3) is 0.767. The van der Waals surface area contributed by atoms with E-state index < -0.39 is 18.2 Å². The topological polar surface area (TPSA) is 95.9 Å². The minimum Gasteiger partial charge on any atom is -0.462 e. The number of nitrogens with one attached hydrogen (secondary N) is 1. The van der Waals surface area contributed by atoms with Gasteiger partial charge in [-0.05, 0) is 83.5 Å². The summed E-state index contributed by atoms with van der Waals surface area (Å²) < 4.78 is 5.95. The molecule has 0 spiro atoms. The summed E-state index contributed by atoms with van der Waals surface area (Å²) in [4.78, 5) is 26.3. The van der Waals surface area contributed by atoms with E-state index in [4.69, 9.17) is 4.74 Å². The number of allylic oxidation sites excluding steroid dienone is 12. The molecule has 0 bridgehead atoms. The van der Waals surface area contributed by atoms with Crippen LogP contribution in [0.1, 0.15) is 271 Å². The zero-order valence-corrected chi connectivity index (χ0v) is 43.6. The summed E-state index contributed by atoms with van der Waals surface area (Å²) in [5.74, 6) is -0.504. The van der Waals surface area contributed by atoms with Crippen molar-refractivity contribution >= 4 is 11.9 Å². The Morgan fingerprint density at radius 2 is 0.833 bits per heavy atom. The van der Waals surface area contributed by atoms with E-state index in [1.165, 1.54) is 128 Å². The van der Waals surface area contributed by atoms with Gasteiger partial charge in [-0.2, -0.15) is 0 Å². The quantitative estimate of drug-likeness (QED) is 0.0244. The molecular formula is C60H107NO5. The molecule has 6 nitrogen and oxygen atoms in total. The van der Waals surface area contributed by atoms with Gasteiger partial charge >= 0.3 is 5.97 Å². The highest BCUT2D eigenvalue weighted by atomic mass is 16.5. The van der Waals surface area contributed by atoms with Crippen LogP contribution < -0.4 is 5.32 Å². The number of ether oxygens (including phenoxy) is 1. The molecule has 0 aromatic carbocycles. The fourth-order valence-corrected chi connectivity index (χ4v) is 8.30. The van der Waals surface area contributed by atoms with E-state index in [0.29, 0.717) is 19.3 Å². The summed E-state index contributed by atoms with van der Waals surface area (Å²) >= 11 is 0. The second kappa shape index (κ2) is 53.3. The van der Waals surface area contributed by atoms with E-state index in [-0.39, 0.29) is 24.9 Å². The molecule has 0 aliphatic rings. The number of hydrogen-bond acceptors (Lipinski definition) is 5. The first-order valence-corrected chi connectivity index (χ1v) is 28.2. The maximum atomic E-state index is 13.3. The van der Waals surface area contributed by atoms with Gasteiger partial charge in [-0.1, -0.05) is 248 Å². The Morgan fingerprint density at radius 3 is 1.32 bits per heavy atom. The Balaban J connectivity index is 4.65. The lowest BCUT2D eigenvalue weighted by molar-refractivity contribution is -0.151. The second-order valence-corrected chi connectivity index (χ2v) is 19.1. The number of carbonyl (C=O) groups is 2. The molecule has 0 saturated carbocycles. The number of aliphatic hydroxyl groups is 2. The zero-order valence-electron chi connectivity index (χ0n) is 43.6. The van der Waals surface area contributed by atoms with Crippen molar-refractivity contribution in [2.24, 2.45) is 0 Å². The van der Waals surface area contributed by atoms with Gasteiger partial charge in [0.15, 0.2) is 0 Å². The van der Waals surface area contributed by atoms with E-state index in [0.717, 1.165) is 96.3 Å². The van der Waals surface area contributed by atoms with Gasteiger partial charge in [0.25, 0.3) is 0 Å². The molecule has 66 heavy (non-hydrogen) atoms. The predicted octanol–water partition coefficient (Wildman–Crippen LogP) is 17.3. The lowest BCUT2D eigenvalue weighted by Gasteiger charge is -2.24. The first kappa shape index (κ1) is 63.3. The number of esters is 1. The van der Waals surface area contributed by atoms with Gasteiger partial charge in [-0.3, -0.25) is 9.59 Å². The van der Waals surface area contributed by atoms with Crippen molar-refractivity contribution < 1.29 is 24.5 Å². The summed E-state index contributed by atoms with van der Waals surface area (Å²) in [6.07, 6.45) is 68.1. The number of aliphatic hydroxyl groups excluding tert-OH is 2. The SMILES string of the molecule is CCCCC/C=C\C/C=C\CCCCCCCCCC(CC(=O)NC(CO)C(O)CCCCCCCCCCCCCC)OC(=O)CCCCCCC/C=C/C=C/C=C/C=C/CCCCC. The third kappa shape index (κ3) is 47.8. The summed E-state index contributed by atoms with van der Waals surface area (Å²) in [5.41, 5.74) is 0. The average Bonchev–Trinajstić information content (AvgIpc) is 3.31. The molecule has 1 amide bonds. The molecular weight excluding hydrogens is 815 g/mol. The Hall–Kier alpha value is -2.70. The summed E-state index contributed by atoms with van der Waals surface area (Å²) in [6.45, 7) is 6.42. The van der Waals surface area contributed by atoms with Gasteiger partial charge in [0.2, 0.25) is 5.91 Å². The second-order valence-electron chi connectivity index (χ2n) is 19.1. The Morgan fingerprint density at radius 1 is 0.455 bits per heavy atom. The highest BCUT2D eigenvalue weighted by Crippen LogP contribution is 2.18. The zero-order chi connectivity index (χ0) is 48.1. The van der Waals surface area contributed by atoms with Crippen LogP contribution in [-0.2, 0) is 14.3 Å². The monoisotopic (exact) mass is 922 g/mol. The summed E-state index contributed by atoms with van der Waals surface area (Å²) in [5, 5.41) is 23.8. The standard InChI is InChI=1S/C60H107NO5/c1-4-7-10-13-16-19-22-25-27-29-31-33-35-38-41-44-47-50-53-60(65)66-56(51-48-45-42-39-36-34-32-30-28-26-23-20-17-14-11-8-5-2)54-59(64)61-57(55-62)58(63)52-49-46-43-40-37-24-21-18-15-12-9-6-3/h16-17,19-20,22,25-29,31,33,56-58,62-63H,4-15,18,21,23-24,30,32,34-55H2,1-3H3,(H,61,64)/b19-16+,20-17-,25-22+,28-26-,29-27+,33-31+. The number of amides is 1. The van der Waals surface area contributed by atoms with Crippen molar-refractivity contribution in [2.75, 3.05) is 6.61 Å². The lowest BCUT2D eigenvalue weighted by atomic mass is 10.0. The summed E-state index contributed by atoms with van der Waals surface area (Å²) in [6, 6.07) is -0.712. The van der Waals surface area contributed by atoms with Crippen LogP contribution in [0.4, 0.5) is 0 Å². The van der Waals surface area contributed by atoms with Crippen molar-refractivity contribution in [3.63, 3.8) is 0 Å². The van der Waals surface area contributed by atoms with Crippen LogP contribution in [0.2, 0.25) is 0 Å². The maximum absolute atomic E-state index is 13.3. The van der Waals surface area contributed by atoms with Crippen LogP contribution in [-0.4, -0.2) is 46.9 Å². The third-order valence-electron chi connectivity index (χ3n) is 12.6. The molecule has 0 aromatic heterocycles. The molecule has 0 aliphatic heterocycles. The van der Waals surface area contributed by atoms with Gasteiger partial charge in [0, 0.05) is 6.42 Å². The van der Waals surface area contributed by atoms with E-state index in [1.54, 1.807) is 0 Å². The predicted molar refractivity (Wildman–Crippen MR) is 287 cm³/mol. The minimum atomic E-state index is -0.797. The number of carbonyl (C=O) groups excluding carboxylic acids is 2. The van der Waals surface area contributed by atoms with Crippen molar-refractivity contribution in [1.29, 1.82) is 0 Å². The minimum absolute atomic E-state index is 0.0604. The molecule has 0 fully saturated rings. The van der Waals surface area contributed by atoms with Crippen LogP contribution >= 0.6 is 0 Å². The molecule has 382 valence electrons. The van der Waals surface area contributed by atoms with Gasteiger partial charge in [-0.25, -0.2) is 0 Å². The van der Waals surface area contributed by atoms with E-state index >= 15 is 0 Å². The molecule has 0 radical (unpaired) electrons. The van der Waals surface area contributed by atoms with Gasteiger partial charge < -0.3 is 20.3 Å². The maximum Gasteiger partial charge on any atom is 0.306 e. The Bertz CT molecular complexity index is 1220. The Labute approximate surface area is 409 Å². The van der Waals surface area contributed by atoms with Crippen molar-refractivity contribution in [1.82, 2.24) is 5.32 Å². The fourth-order valence-electron chi connectivity index (χ4n) is 8.30. The van der Waals surface area contributed by atoms with Gasteiger partial charge in [0.1, 0.15) is 6.10 Å². The van der Waals surface area contributed by atoms with E-state index in [9.17, 15) is 19.8 Å². The molecule has 0 aliphatic carbocycles. The first-order chi connectivity index (χ1) is 32.5. The highest BCUT2D eigenvalue weighted by Gasteiger charge is 2.24. The molecule has 0 saturated heterocycles. The summed E-state index contributed by atoms with van der Waals surface area (Å²) in [7, 11) is 0. The van der Waals surface area contributed by atoms with Crippen LogP contribution in [0.25, 0.3) is 0 Å². The van der Waals surface area contributed by atoms with Gasteiger partial charge in [-0.15, -0.1) is 0 Å². The molecule has 6 heteroatoms. The molecule has 3 unspecified atom stereocenters. The molecule has 3 atom stereocenters. The number of unbranched alkanes of at least 4 members (excludes halogenated alkanes) is 29. The van der Waals surface area contributed by atoms with Crippen molar-refractivity contribution in [2.45, 2.75) is 289 Å². The molecule has 0 aromatic rings. The smallest absolute Gasteiger partial charge is 0.306 e. The van der Waals surface area contributed by atoms with Crippen LogP contribution in [0, 0.1) is 0 Å². The number of rotatable bonds is 50. The lowest BCUT2D eigenvalue weighted by Crippen LogP contribution is -2.46. The van der Waals surface area contributed by atoms with Crippen molar-refractivity contribution in [3.8, 4) is 0 Å². The van der Waals surface area contributed by atoms with E-state index in [2.05, 4.69) is 99.0 Å². The van der Waals surface area contributed by atoms with Gasteiger partial charge in [0.05, 0.1) is 25.2 Å². The number of hydrogen-bond donors (Lipinski definition) is 3. The molecule has 0 heterocycles. The third-order valence-corrected chi connectivity index (χ3v) is 12.6. The first-order valence-electron chi connectivity index (χ1n) is 28.2. The highest BCUT2D eigenvalue weighted by molar-refractivity contribution is 5.77. The van der Waals surface area contributed by atoms with Crippen LogP contribution in [0.5, 0.6) is 0 Å². The average molecular weight is 923 g/mol. The van der Waals surface area contributed by atoms with Crippen LogP contribution in [0.3, 0.4) is 0 Å². The van der Waals surface area contributed by atoms with E-state index in [1.807, 2.05) is 0 Å². The molecule has 0 rings (SSSR count). The normalized spacial score (nSPS) is 13.7. The molecule has 3 N–H and O–H groups in total. The largest absolute Gasteiger partial charge is 0.462 e. The Kier molecular flexibility index (Phi) is 51.1. The van der Waals surface area contributed by atoms with Crippen molar-refractivity contribution in [3.05, 3.63) is 72.9 Å².